The van der Waals surface area contributed by atoms with Crippen LogP contribution in [0.4, 0.5) is 0 Å². The Labute approximate surface area is 204 Å². The molecule has 2 heterocycles. The van der Waals surface area contributed by atoms with Crippen LogP contribution in [-0.2, 0) is 11.3 Å². The highest BCUT2D eigenvalue weighted by molar-refractivity contribution is 7.98. The maximum Gasteiger partial charge on any atom is 0.254 e. The molecule has 4 rings (SSSR count). The van der Waals surface area contributed by atoms with Crippen LogP contribution in [-0.4, -0.2) is 28.7 Å². The molecule has 1 atom stereocenters. The molecular weight excluding hydrogens is 464 g/mol. The number of halogens is 1. The number of ketones is 1. The van der Waals surface area contributed by atoms with Crippen molar-refractivity contribution < 1.29 is 21.8 Å². The van der Waals surface area contributed by atoms with Crippen molar-refractivity contribution in [1.82, 2.24) is 10.3 Å². The molecule has 1 aliphatic carbocycles. The van der Waals surface area contributed by atoms with E-state index in [1.807, 2.05) is 0 Å². The number of fused-ring (bicyclic) bond motifs is 1. The molecule has 2 aliphatic rings. The fraction of sp³-hybridized carbons (Fsp3) is 0.458. The lowest BCUT2D eigenvalue weighted by molar-refractivity contribution is -0.135. The molecule has 0 bridgehead atoms. The van der Waals surface area contributed by atoms with Crippen LogP contribution in [0.25, 0.3) is 0 Å². The molecule has 1 aromatic heterocycles. The third-order valence-electron chi connectivity index (χ3n) is 6.23. The summed E-state index contributed by atoms with van der Waals surface area (Å²) in [5.41, 5.74) is 0.360. The van der Waals surface area contributed by atoms with E-state index in [4.69, 9.17) is 23.8 Å². The normalized spacial score (nSPS) is 21.5. The molecule has 0 spiro atoms. The van der Waals surface area contributed by atoms with Crippen LogP contribution >= 0.6 is 23.4 Å². The second-order valence-electron chi connectivity index (χ2n) is 8.53. The number of amides is 1. The summed E-state index contributed by atoms with van der Waals surface area (Å²) in [6.07, 6.45) is 3.94. The van der Waals surface area contributed by atoms with Gasteiger partial charge in [0.2, 0.25) is 0 Å². The second-order valence-corrected chi connectivity index (χ2v) is 9.78. The molecule has 1 fully saturated rings. The minimum Gasteiger partial charge on any atom is -0.448 e. The lowest BCUT2D eigenvalue weighted by atomic mass is 9.83. The van der Waals surface area contributed by atoms with E-state index in [0.717, 1.165) is 0 Å². The molecule has 1 unspecified atom stereocenters. The molecule has 0 saturated heterocycles. The zero-order valence-electron chi connectivity index (χ0n) is 20.9. The van der Waals surface area contributed by atoms with Crippen LogP contribution in [0.5, 0.6) is 11.5 Å². The van der Waals surface area contributed by atoms with E-state index < -0.39 is 23.8 Å². The third kappa shape index (κ3) is 4.51. The molecule has 1 aliphatic heterocycles. The summed E-state index contributed by atoms with van der Waals surface area (Å²) >= 11 is 7.69. The standard InChI is InChI=1S/C24H27ClN2O5S/c1-12-9-19(33-4)17(23(30)27-12)11-26-22(29)16-10-18(25)21-20(13(16)2)31-24(3,32-21)14-5-7-15(28)8-6-14/h9-10,14H,5-8,11H2,1-4H3,(H,26,29)(H,27,30)/i11D2. The fourth-order valence-corrected chi connectivity index (χ4v) is 5.21. The molecule has 9 heteroatoms. The Bertz CT molecular complexity index is 1270. The number of hydrogen-bond acceptors (Lipinski definition) is 6. The van der Waals surface area contributed by atoms with Gasteiger partial charge in [-0.2, -0.15) is 0 Å². The first-order valence-electron chi connectivity index (χ1n) is 11.7. The van der Waals surface area contributed by atoms with E-state index in [-0.39, 0.29) is 27.9 Å². The Morgan fingerprint density at radius 1 is 1.27 bits per heavy atom. The number of carbonyl (C=O) groups is 2. The first-order valence-corrected chi connectivity index (χ1v) is 12.3. The number of Topliss-reactive ketones (excluding diaryl/α,β-unsaturated/α-hetero) is 1. The maximum atomic E-state index is 13.2. The predicted octanol–water partition coefficient (Wildman–Crippen LogP) is 4.54. The summed E-state index contributed by atoms with van der Waals surface area (Å²) in [5.74, 6) is -0.926. The van der Waals surface area contributed by atoms with Crippen LogP contribution in [0.2, 0.25) is 5.02 Å². The zero-order valence-corrected chi connectivity index (χ0v) is 20.5. The summed E-state index contributed by atoms with van der Waals surface area (Å²) in [7, 11) is 0. The van der Waals surface area contributed by atoms with E-state index in [2.05, 4.69) is 10.3 Å². The van der Waals surface area contributed by atoms with Crippen molar-refractivity contribution in [3.8, 4) is 11.5 Å². The highest BCUT2D eigenvalue weighted by Crippen LogP contribution is 2.51. The number of carbonyl (C=O) groups excluding carboxylic acids is 2. The summed E-state index contributed by atoms with van der Waals surface area (Å²) in [5, 5.41) is 2.50. The minimum absolute atomic E-state index is 0.0206. The van der Waals surface area contributed by atoms with Crippen molar-refractivity contribution in [2.24, 2.45) is 5.92 Å². The zero-order chi connectivity index (χ0) is 25.7. The molecule has 2 N–H and O–H groups in total. The maximum absolute atomic E-state index is 13.2. The fourth-order valence-electron chi connectivity index (χ4n) is 4.34. The van der Waals surface area contributed by atoms with Gasteiger partial charge in [-0.3, -0.25) is 14.4 Å². The van der Waals surface area contributed by atoms with Crippen LogP contribution in [0.3, 0.4) is 0 Å². The predicted molar refractivity (Wildman–Crippen MR) is 128 cm³/mol. The molecule has 1 saturated carbocycles. The van der Waals surface area contributed by atoms with Crippen molar-refractivity contribution in [1.29, 1.82) is 0 Å². The lowest BCUT2D eigenvalue weighted by Crippen LogP contribution is -2.44. The summed E-state index contributed by atoms with van der Waals surface area (Å²) in [4.78, 5) is 40.5. The van der Waals surface area contributed by atoms with Crippen molar-refractivity contribution in [2.45, 2.75) is 63.6 Å². The quantitative estimate of drug-likeness (QED) is 0.594. The van der Waals surface area contributed by atoms with Crippen LogP contribution in [0.15, 0.2) is 21.8 Å². The van der Waals surface area contributed by atoms with Crippen LogP contribution in [0.1, 0.15) is 62.5 Å². The lowest BCUT2D eigenvalue weighted by Gasteiger charge is -2.34. The largest absolute Gasteiger partial charge is 0.448 e. The average Bonchev–Trinajstić information content (AvgIpc) is 3.15. The van der Waals surface area contributed by atoms with Gasteiger partial charge in [-0.05, 0) is 45.1 Å². The number of pyridine rings is 1. The highest BCUT2D eigenvalue weighted by atomic mass is 35.5. The smallest absolute Gasteiger partial charge is 0.254 e. The van der Waals surface area contributed by atoms with Crippen molar-refractivity contribution in [3.63, 3.8) is 0 Å². The molecule has 176 valence electrons. The Hall–Kier alpha value is -2.45. The van der Waals surface area contributed by atoms with Gasteiger partial charge in [0, 0.05) is 59.5 Å². The number of benzene rings is 1. The van der Waals surface area contributed by atoms with Gasteiger partial charge in [0.25, 0.3) is 17.3 Å². The van der Waals surface area contributed by atoms with Gasteiger partial charge in [0.1, 0.15) is 5.78 Å². The highest BCUT2D eigenvalue weighted by Gasteiger charge is 2.47. The molecule has 0 radical (unpaired) electrons. The monoisotopic (exact) mass is 492 g/mol. The number of aryl methyl sites for hydroxylation is 1. The summed E-state index contributed by atoms with van der Waals surface area (Å²) in [6, 6.07) is 3.07. The molecule has 2 aromatic rings. The Kier molecular flexibility index (Phi) is 5.80. The van der Waals surface area contributed by atoms with E-state index in [1.54, 1.807) is 33.1 Å². The van der Waals surface area contributed by atoms with Crippen LogP contribution in [0, 0.1) is 19.8 Å². The Morgan fingerprint density at radius 2 is 1.94 bits per heavy atom. The Morgan fingerprint density at radius 3 is 2.61 bits per heavy atom. The molecule has 1 aromatic carbocycles. The van der Waals surface area contributed by atoms with Gasteiger partial charge >= 0.3 is 0 Å². The summed E-state index contributed by atoms with van der Waals surface area (Å²) < 4.78 is 29.3. The van der Waals surface area contributed by atoms with E-state index in [1.165, 1.54) is 17.8 Å². The van der Waals surface area contributed by atoms with Gasteiger partial charge < -0.3 is 19.8 Å². The first kappa shape index (κ1) is 21.1. The number of hydrogen-bond donors (Lipinski definition) is 2. The van der Waals surface area contributed by atoms with Gasteiger partial charge in [-0.25, -0.2) is 0 Å². The number of H-pyrrole nitrogens is 1. The first-order chi connectivity index (χ1) is 16.4. The molecule has 33 heavy (non-hydrogen) atoms. The number of rotatable bonds is 5. The minimum atomic E-state index is -2.45. The molecular formula is C24H27ClN2O5S. The molecule has 7 nitrogen and oxygen atoms in total. The number of aromatic amines is 1. The number of nitrogens with one attached hydrogen (secondary N) is 2. The topological polar surface area (TPSA) is 97.5 Å². The number of aromatic nitrogens is 1. The van der Waals surface area contributed by atoms with Crippen LogP contribution < -0.4 is 20.3 Å². The van der Waals surface area contributed by atoms with Crippen molar-refractivity contribution in [3.05, 3.63) is 49.9 Å². The molecule has 1 amide bonds. The van der Waals surface area contributed by atoms with Gasteiger partial charge in [-0.1, -0.05) is 11.6 Å². The van der Waals surface area contributed by atoms with Gasteiger partial charge in [0.05, 0.1) is 7.76 Å². The SMILES string of the molecule is [2H]C([2H])(NC(=O)c1cc(Cl)c2c(c1C)OC(C)(C1CCC(=O)CC1)O2)c1c(SC)cc(C)[nH]c1=O. The van der Waals surface area contributed by atoms with E-state index >= 15 is 0 Å². The third-order valence-corrected chi connectivity index (χ3v) is 7.27. The second kappa shape index (κ2) is 9.06. The van der Waals surface area contributed by atoms with Gasteiger partial charge in [0.15, 0.2) is 11.5 Å². The summed E-state index contributed by atoms with van der Waals surface area (Å²) in [6.45, 7) is 2.73. The van der Waals surface area contributed by atoms with E-state index in [0.29, 0.717) is 53.3 Å². The average molecular weight is 493 g/mol. The van der Waals surface area contributed by atoms with Crippen molar-refractivity contribution in [2.75, 3.05) is 6.26 Å². The number of thioether (sulfide) groups is 1. The Balaban J connectivity index is 1.64. The van der Waals surface area contributed by atoms with Gasteiger partial charge in [-0.15, -0.1) is 11.8 Å². The van der Waals surface area contributed by atoms with Crippen molar-refractivity contribution >= 4 is 35.1 Å². The van der Waals surface area contributed by atoms with E-state index in [9.17, 15) is 14.4 Å². The number of ether oxygens (including phenoxy) is 2.